The van der Waals surface area contributed by atoms with Crippen molar-refractivity contribution in [2.75, 3.05) is 6.67 Å². The summed E-state index contributed by atoms with van der Waals surface area (Å²) in [6, 6.07) is 0. The molecular formula is C3H8BF. The molecular weight excluding hydrogens is 65.8 g/mol. The molecule has 0 aliphatic rings. The van der Waals surface area contributed by atoms with Gasteiger partial charge in [-0.05, 0) is 5.82 Å². The summed E-state index contributed by atoms with van der Waals surface area (Å²) in [6.07, 6.45) is 0. The number of hydrogen-bond donors (Lipinski definition) is 0. The summed E-state index contributed by atoms with van der Waals surface area (Å²) < 4.78 is 11.1. The molecule has 0 saturated heterocycles. The van der Waals surface area contributed by atoms with E-state index in [2.05, 4.69) is 0 Å². The third kappa shape index (κ3) is 3.99. The molecule has 0 nitrogen and oxygen atoms in total. The first kappa shape index (κ1) is 4.99. The van der Waals surface area contributed by atoms with Gasteiger partial charge in [-0.25, -0.2) is 0 Å². The highest BCUT2D eigenvalue weighted by atomic mass is 19.1. The molecule has 0 spiro atoms. The minimum Gasteiger partial charge on any atom is -0.252 e. The second-order valence-electron chi connectivity index (χ2n) is 1.55. The normalized spacial score (nSPS) is 14.8. The molecule has 0 radical (unpaired) electrons. The van der Waals surface area contributed by atoms with Crippen LogP contribution in [0.15, 0.2) is 0 Å². The molecule has 2 heteroatoms. The van der Waals surface area contributed by atoms with Crippen molar-refractivity contribution in [3.63, 3.8) is 0 Å². The van der Waals surface area contributed by atoms with Gasteiger partial charge >= 0.3 is 0 Å². The summed E-state index contributed by atoms with van der Waals surface area (Å²) >= 11 is 0. The Labute approximate surface area is 32.8 Å². The molecule has 1 unspecified atom stereocenters. The molecule has 0 aromatic carbocycles. The van der Waals surface area contributed by atoms with Gasteiger partial charge in [0.2, 0.25) is 0 Å². The van der Waals surface area contributed by atoms with Gasteiger partial charge in [0.1, 0.15) is 7.85 Å². The maximum atomic E-state index is 11.1. The van der Waals surface area contributed by atoms with Gasteiger partial charge in [0.15, 0.2) is 0 Å². The van der Waals surface area contributed by atoms with Crippen molar-refractivity contribution in [3.05, 3.63) is 0 Å². The third-order valence-electron chi connectivity index (χ3n) is 0.309. The van der Waals surface area contributed by atoms with Crippen LogP contribution in [0.1, 0.15) is 6.92 Å². The van der Waals surface area contributed by atoms with Crippen molar-refractivity contribution < 1.29 is 4.39 Å². The summed E-state index contributed by atoms with van der Waals surface area (Å²) in [5.41, 5.74) is 0. The highest BCUT2D eigenvalue weighted by Crippen LogP contribution is 1.91. The molecule has 1 atom stereocenters. The van der Waals surface area contributed by atoms with E-state index in [1.54, 1.807) is 0 Å². The van der Waals surface area contributed by atoms with Crippen LogP contribution in [-0.2, 0) is 0 Å². The Bertz CT molecular complexity index is 20.9. The lowest BCUT2D eigenvalue weighted by atomic mass is 9.92. The number of alkyl halides is 1. The van der Waals surface area contributed by atoms with Gasteiger partial charge < -0.3 is 0 Å². The van der Waals surface area contributed by atoms with Crippen LogP contribution < -0.4 is 0 Å². The molecule has 0 aromatic heterocycles. The van der Waals surface area contributed by atoms with Crippen LogP contribution in [0.5, 0.6) is 0 Å². The van der Waals surface area contributed by atoms with E-state index in [1.807, 2.05) is 14.8 Å². The first-order chi connectivity index (χ1) is 2.27. The molecule has 30 valence electrons. The summed E-state index contributed by atoms with van der Waals surface area (Å²) in [7, 11) is 1.85. The van der Waals surface area contributed by atoms with Crippen molar-refractivity contribution in [2.24, 2.45) is 0 Å². The Kier molecular flexibility index (Phi) is 2.24. The Morgan fingerprint density at radius 1 is 2.00 bits per heavy atom. The van der Waals surface area contributed by atoms with Gasteiger partial charge in [0.05, 0.1) is 6.67 Å². The highest BCUT2D eigenvalue weighted by Gasteiger charge is 1.84. The fourth-order valence-corrected chi connectivity index (χ4v) is 0. The van der Waals surface area contributed by atoms with Crippen LogP contribution in [-0.4, -0.2) is 14.5 Å². The van der Waals surface area contributed by atoms with Crippen molar-refractivity contribution in [1.29, 1.82) is 0 Å². The minimum absolute atomic E-state index is 0.194. The van der Waals surface area contributed by atoms with Crippen LogP contribution in [0.4, 0.5) is 4.39 Å². The molecule has 0 saturated carbocycles. The third-order valence-corrected chi connectivity index (χ3v) is 0.309. The molecule has 0 N–H and O–H groups in total. The van der Waals surface area contributed by atoms with Crippen molar-refractivity contribution in [2.45, 2.75) is 12.7 Å². The van der Waals surface area contributed by atoms with Gasteiger partial charge in [-0.2, -0.15) is 0 Å². The van der Waals surface area contributed by atoms with Crippen LogP contribution in [0.2, 0.25) is 5.82 Å². The Morgan fingerprint density at radius 3 is 2.20 bits per heavy atom. The molecule has 0 fully saturated rings. The maximum Gasteiger partial charge on any atom is 0.108 e. The number of halogens is 1. The highest BCUT2D eigenvalue weighted by molar-refractivity contribution is 6.11. The molecule has 0 aliphatic heterocycles. The van der Waals surface area contributed by atoms with Crippen LogP contribution >= 0.6 is 0 Å². The predicted molar refractivity (Wildman–Crippen MR) is 23.9 cm³/mol. The average Bonchev–Trinajstić information content (AvgIpc) is 1.38. The van der Waals surface area contributed by atoms with E-state index in [1.165, 1.54) is 0 Å². The summed E-state index contributed by atoms with van der Waals surface area (Å²) in [5.74, 6) is 0.218. The number of hydrogen-bond acceptors (Lipinski definition) is 0. The predicted octanol–water partition coefficient (Wildman–Crippen LogP) is 0.397. The molecule has 0 aromatic rings. The van der Waals surface area contributed by atoms with Crippen molar-refractivity contribution in [3.8, 4) is 0 Å². The van der Waals surface area contributed by atoms with Gasteiger partial charge in [0, 0.05) is 0 Å². The lowest BCUT2D eigenvalue weighted by molar-refractivity contribution is 0.487. The van der Waals surface area contributed by atoms with E-state index < -0.39 is 0 Å². The Morgan fingerprint density at radius 2 is 2.20 bits per heavy atom. The zero-order valence-corrected chi connectivity index (χ0v) is 3.66. The van der Waals surface area contributed by atoms with E-state index in [-0.39, 0.29) is 12.5 Å². The van der Waals surface area contributed by atoms with E-state index in [0.717, 1.165) is 0 Å². The van der Waals surface area contributed by atoms with E-state index in [4.69, 9.17) is 0 Å². The van der Waals surface area contributed by atoms with Crippen molar-refractivity contribution in [1.82, 2.24) is 0 Å². The molecule has 0 heterocycles. The zero-order valence-electron chi connectivity index (χ0n) is 3.66. The topological polar surface area (TPSA) is 0 Å². The standard InChI is InChI=1S/C3H8BF/c1-3(4)2-5/h3H,2,4H2,1H3. The zero-order chi connectivity index (χ0) is 4.28. The Hall–Kier alpha value is -0.00506. The lowest BCUT2D eigenvalue weighted by Gasteiger charge is -1.86. The van der Waals surface area contributed by atoms with Gasteiger partial charge in [-0.15, -0.1) is 0 Å². The first-order valence-electron chi connectivity index (χ1n) is 1.83. The van der Waals surface area contributed by atoms with Crippen LogP contribution in [0, 0.1) is 0 Å². The molecule has 0 rings (SSSR count). The Balaban J connectivity index is 2.54. The van der Waals surface area contributed by atoms with E-state index in [9.17, 15) is 4.39 Å². The molecule has 0 amide bonds. The molecule has 0 aliphatic carbocycles. The van der Waals surface area contributed by atoms with Gasteiger partial charge in [-0.1, -0.05) is 6.92 Å². The SMILES string of the molecule is BC(C)CF. The maximum absolute atomic E-state index is 11.1. The lowest BCUT2D eigenvalue weighted by Crippen LogP contribution is -1.83. The fraction of sp³-hybridized carbons (Fsp3) is 1.00. The second kappa shape index (κ2) is 2.25. The van der Waals surface area contributed by atoms with Crippen LogP contribution in [0.3, 0.4) is 0 Å². The molecule has 0 bridgehead atoms. The quantitative estimate of drug-likeness (QED) is 0.395. The molecule has 5 heavy (non-hydrogen) atoms. The average molecular weight is 73.9 g/mol. The van der Waals surface area contributed by atoms with E-state index >= 15 is 0 Å². The van der Waals surface area contributed by atoms with Crippen molar-refractivity contribution >= 4 is 7.85 Å². The van der Waals surface area contributed by atoms with Crippen LogP contribution in [0.25, 0.3) is 0 Å². The number of rotatable bonds is 1. The first-order valence-corrected chi connectivity index (χ1v) is 1.83. The second-order valence-corrected chi connectivity index (χ2v) is 1.55. The summed E-state index contributed by atoms with van der Waals surface area (Å²) in [5, 5.41) is 0. The largest absolute Gasteiger partial charge is 0.252 e. The summed E-state index contributed by atoms with van der Waals surface area (Å²) in [4.78, 5) is 0. The van der Waals surface area contributed by atoms with E-state index in [0.29, 0.717) is 0 Å². The summed E-state index contributed by atoms with van der Waals surface area (Å²) in [6.45, 7) is 1.65. The fourth-order valence-electron chi connectivity index (χ4n) is 0. The van der Waals surface area contributed by atoms with Gasteiger partial charge in [-0.3, -0.25) is 4.39 Å². The monoisotopic (exact) mass is 74.1 g/mol. The minimum atomic E-state index is -0.194. The smallest absolute Gasteiger partial charge is 0.108 e. The van der Waals surface area contributed by atoms with Gasteiger partial charge in [0.25, 0.3) is 0 Å².